The number of hydrogen-bond acceptors (Lipinski definition) is 2. The molecule has 0 saturated carbocycles. The maximum Gasteiger partial charge on any atom is 0.132 e. The van der Waals surface area contributed by atoms with Crippen LogP contribution in [0.2, 0.25) is 0 Å². The summed E-state index contributed by atoms with van der Waals surface area (Å²) in [5.74, 6) is 0.644. The minimum Gasteiger partial charge on any atom is -0.467 e. The molecule has 1 atom stereocenters. The Morgan fingerprint density at radius 2 is 1.87 bits per heavy atom. The lowest BCUT2D eigenvalue weighted by atomic mass is 10.1. The highest BCUT2D eigenvalue weighted by Crippen LogP contribution is 2.18. The van der Waals surface area contributed by atoms with Gasteiger partial charge in [0.15, 0.2) is 0 Å². The van der Waals surface area contributed by atoms with Crippen molar-refractivity contribution in [3.8, 4) is 0 Å². The van der Waals surface area contributed by atoms with Crippen LogP contribution >= 0.6 is 0 Å². The molecular weight excluding hydrogens is 188 g/mol. The molecule has 2 rings (SSSR count). The molecule has 2 aromatic rings. The molecule has 2 heteroatoms. The molecule has 0 saturated heterocycles. The summed E-state index contributed by atoms with van der Waals surface area (Å²) in [7, 11) is 0. The number of furan rings is 1. The van der Waals surface area contributed by atoms with E-state index in [-0.39, 0.29) is 0 Å². The number of rotatable bonds is 4. The molecule has 2 nitrogen and oxygen atoms in total. The fraction of sp³-hybridized carbons (Fsp3) is 0.231. The first-order chi connectivity index (χ1) is 7.36. The smallest absolute Gasteiger partial charge is 0.132 e. The van der Waals surface area contributed by atoms with Crippen molar-refractivity contribution in [3.63, 3.8) is 0 Å². The number of hydrogen-bond donors (Lipinski definition) is 1. The zero-order valence-corrected chi connectivity index (χ0v) is 8.47. The Morgan fingerprint density at radius 3 is 2.53 bits per heavy atom. The van der Waals surface area contributed by atoms with E-state index in [0.717, 1.165) is 6.42 Å². The van der Waals surface area contributed by atoms with Crippen molar-refractivity contribution in [1.29, 1.82) is 0 Å². The van der Waals surface area contributed by atoms with Crippen molar-refractivity contribution in [3.05, 3.63) is 60.1 Å². The van der Waals surface area contributed by atoms with E-state index in [2.05, 4.69) is 12.1 Å². The predicted molar refractivity (Wildman–Crippen MR) is 58.4 cm³/mol. The zero-order chi connectivity index (χ0) is 10.5. The maximum absolute atomic E-state index is 9.78. The largest absolute Gasteiger partial charge is 0.467 e. The maximum atomic E-state index is 9.78. The molecule has 1 aromatic carbocycles. The Hall–Kier alpha value is -1.54. The fourth-order valence-electron chi connectivity index (χ4n) is 1.57. The summed E-state index contributed by atoms with van der Waals surface area (Å²) >= 11 is 0. The molecule has 0 bridgehead atoms. The second-order valence-corrected chi connectivity index (χ2v) is 3.56. The number of benzene rings is 1. The van der Waals surface area contributed by atoms with Gasteiger partial charge in [-0.15, -0.1) is 0 Å². The monoisotopic (exact) mass is 202 g/mol. The third kappa shape index (κ3) is 2.70. The van der Waals surface area contributed by atoms with Crippen molar-refractivity contribution >= 4 is 0 Å². The van der Waals surface area contributed by atoms with Crippen molar-refractivity contribution in [1.82, 2.24) is 0 Å². The van der Waals surface area contributed by atoms with Crippen LogP contribution in [0.3, 0.4) is 0 Å². The average molecular weight is 202 g/mol. The van der Waals surface area contributed by atoms with Crippen molar-refractivity contribution in [2.24, 2.45) is 0 Å². The molecule has 0 spiro atoms. The van der Waals surface area contributed by atoms with Crippen LogP contribution in [0.25, 0.3) is 0 Å². The second-order valence-electron chi connectivity index (χ2n) is 3.56. The van der Waals surface area contributed by atoms with Crippen LogP contribution in [0.15, 0.2) is 53.1 Å². The van der Waals surface area contributed by atoms with E-state index >= 15 is 0 Å². The molecule has 78 valence electrons. The van der Waals surface area contributed by atoms with Crippen LogP contribution in [0.1, 0.15) is 23.8 Å². The molecule has 1 unspecified atom stereocenters. The Labute approximate surface area is 89.2 Å². The van der Waals surface area contributed by atoms with E-state index < -0.39 is 6.10 Å². The van der Waals surface area contributed by atoms with E-state index in [4.69, 9.17) is 4.42 Å². The third-order valence-corrected chi connectivity index (χ3v) is 2.42. The van der Waals surface area contributed by atoms with Gasteiger partial charge in [-0.3, -0.25) is 0 Å². The fourth-order valence-corrected chi connectivity index (χ4v) is 1.57. The highest BCUT2D eigenvalue weighted by atomic mass is 16.4. The van der Waals surface area contributed by atoms with Crippen LogP contribution in [0.4, 0.5) is 0 Å². The molecule has 1 N–H and O–H groups in total. The van der Waals surface area contributed by atoms with E-state index in [1.807, 2.05) is 18.2 Å². The molecule has 1 aromatic heterocycles. The molecule has 0 amide bonds. The third-order valence-electron chi connectivity index (χ3n) is 2.42. The van der Waals surface area contributed by atoms with Crippen molar-refractivity contribution in [2.75, 3.05) is 0 Å². The SMILES string of the molecule is OC(CCc1ccccc1)c1ccco1. The van der Waals surface area contributed by atoms with Gasteiger partial charge in [-0.05, 0) is 30.5 Å². The van der Waals surface area contributed by atoms with Crippen LogP contribution in [-0.2, 0) is 6.42 Å². The first-order valence-electron chi connectivity index (χ1n) is 5.11. The van der Waals surface area contributed by atoms with Crippen molar-refractivity contribution < 1.29 is 9.52 Å². The van der Waals surface area contributed by atoms with Crippen LogP contribution in [0.5, 0.6) is 0 Å². The molecule has 1 heterocycles. The summed E-state index contributed by atoms with van der Waals surface area (Å²) < 4.78 is 5.13. The van der Waals surface area contributed by atoms with Gasteiger partial charge in [-0.2, -0.15) is 0 Å². The number of aliphatic hydroxyl groups is 1. The molecule has 0 aliphatic carbocycles. The minimum atomic E-state index is -0.500. The van der Waals surface area contributed by atoms with Gasteiger partial charge in [-0.1, -0.05) is 30.3 Å². The number of aryl methyl sites for hydroxylation is 1. The molecule has 0 fully saturated rings. The van der Waals surface area contributed by atoms with Gasteiger partial charge in [0, 0.05) is 0 Å². The standard InChI is InChI=1S/C13H14O2/c14-12(13-7-4-10-15-13)9-8-11-5-2-1-3-6-11/h1-7,10,12,14H,8-9H2. The molecule has 15 heavy (non-hydrogen) atoms. The summed E-state index contributed by atoms with van der Waals surface area (Å²) in [5, 5.41) is 9.78. The van der Waals surface area contributed by atoms with Gasteiger partial charge in [0.2, 0.25) is 0 Å². The summed E-state index contributed by atoms with van der Waals surface area (Å²) in [4.78, 5) is 0. The van der Waals surface area contributed by atoms with E-state index in [1.54, 1.807) is 18.4 Å². The summed E-state index contributed by atoms with van der Waals surface area (Å²) in [6.07, 6.45) is 2.64. The summed E-state index contributed by atoms with van der Waals surface area (Å²) in [6, 6.07) is 13.7. The second kappa shape index (κ2) is 4.80. The van der Waals surface area contributed by atoms with Crippen LogP contribution in [-0.4, -0.2) is 5.11 Å². The lowest BCUT2D eigenvalue weighted by molar-refractivity contribution is 0.140. The van der Waals surface area contributed by atoms with Gasteiger partial charge in [0.05, 0.1) is 6.26 Å². The van der Waals surface area contributed by atoms with Gasteiger partial charge in [-0.25, -0.2) is 0 Å². The normalized spacial score (nSPS) is 12.6. The van der Waals surface area contributed by atoms with Gasteiger partial charge < -0.3 is 9.52 Å². The summed E-state index contributed by atoms with van der Waals surface area (Å²) in [6.45, 7) is 0. The molecule has 0 radical (unpaired) electrons. The van der Waals surface area contributed by atoms with Crippen LogP contribution in [0, 0.1) is 0 Å². The van der Waals surface area contributed by atoms with E-state index in [0.29, 0.717) is 12.2 Å². The Balaban J connectivity index is 1.89. The van der Waals surface area contributed by atoms with Crippen molar-refractivity contribution in [2.45, 2.75) is 18.9 Å². The topological polar surface area (TPSA) is 33.4 Å². The Morgan fingerprint density at radius 1 is 1.07 bits per heavy atom. The van der Waals surface area contributed by atoms with E-state index in [1.165, 1.54) is 5.56 Å². The lowest BCUT2D eigenvalue weighted by Crippen LogP contribution is -1.97. The Bertz CT molecular complexity index is 378. The molecular formula is C13H14O2. The van der Waals surface area contributed by atoms with Crippen LogP contribution < -0.4 is 0 Å². The molecule has 0 aliphatic heterocycles. The molecule has 0 aliphatic rings. The minimum absolute atomic E-state index is 0.500. The average Bonchev–Trinajstić information content (AvgIpc) is 2.81. The number of aliphatic hydroxyl groups excluding tert-OH is 1. The lowest BCUT2D eigenvalue weighted by Gasteiger charge is -2.07. The Kier molecular flexibility index (Phi) is 3.20. The summed E-state index contributed by atoms with van der Waals surface area (Å²) in [5.41, 5.74) is 1.24. The highest BCUT2D eigenvalue weighted by molar-refractivity contribution is 5.15. The highest BCUT2D eigenvalue weighted by Gasteiger charge is 2.09. The zero-order valence-electron chi connectivity index (χ0n) is 8.47. The first-order valence-corrected chi connectivity index (χ1v) is 5.11. The first kappa shape index (κ1) is 9.99. The van der Waals surface area contributed by atoms with Gasteiger partial charge in [0.25, 0.3) is 0 Å². The predicted octanol–water partition coefficient (Wildman–Crippen LogP) is 2.95. The quantitative estimate of drug-likeness (QED) is 0.826. The van der Waals surface area contributed by atoms with Gasteiger partial charge in [0.1, 0.15) is 11.9 Å². The van der Waals surface area contributed by atoms with E-state index in [9.17, 15) is 5.11 Å². The van der Waals surface area contributed by atoms with Gasteiger partial charge >= 0.3 is 0 Å².